The first-order valence-electron chi connectivity index (χ1n) is 11.2. The number of rotatable bonds is 9. The van der Waals surface area contributed by atoms with E-state index in [2.05, 4.69) is 6.07 Å². The highest BCUT2D eigenvalue weighted by Gasteiger charge is 2.31. The smallest absolute Gasteiger partial charge is 0.167 e. The molecular formula is C28H30N2O5. The first kappa shape index (κ1) is 24.0. The standard InChI is InChI=1S/C28H30N2O5/c1-31-22-16-14-21(15-17-22)30-24(23-9-7-11-26(33-3)28(23)35-5)18-20(29-30)13-12-19-8-6-10-25(32-2)27(19)34-4/h6-17,24H,18H2,1-5H3. The minimum atomic E-state index is -0.0831. The van der Waals surface area contributed by atoms with Crippen molar-refractivity contribution in [3.05, 3.63) is 77.9 Å². The molecule has 1 atom stereocenters. The number of methoxy groups -OCH3 is 5. The molecule has 1 aliphatic rings. The predicted octanol–water partition coefficient (Wildman–Crippen LogP) is 5.75. The number of benzene rings is 3. The molecule has 0 fully saturated rings. The number of anilines is 1. The third-order valence-corrected chi connectivity index (χ3v) is 5.95. The van der Waals surface area contributed by atoms with Gasteiger partial charge < -0.3 is 23.7 Å². The zero-order valence-corrected chi connectivity index (χ0v) is 20.6. The third-order valence-electron chi connectivity index (χ3n) is 5.95. The molecule has 182 valence electrons. The van der Waals surface area contributed by atoms with E-state index in [4.69, 9.17) is 28.8 Å². The number of allylic oxidation sites excluding steroid dienone is 1. The van der Waals surface area contributed by atoms with Crippen molar-refractivity contribution in [1.29, 1.82) is 0 Å². The lowest BCUT2D eigenvalue weighted by molar-refractivity contribution is 0.349. The molecule has 0 saturated carbocycles. The number of ether oxygens (including phenoxy) is 5. The van der Waals surface area contributed by atoms with Gasteiger partial charge in [0.15, 0.2) is 23.0 Å². The molecule has 0 aromatic heterocycles. The molecule has 0 aliphatic carbocycles. The molecule has 4 rings (SSSR count). The van der Waals surface area contributed by atoms with Crippen molar-refractivity contribution < 1.29 is 23.7 Å². The number of para-hydroxylation sites is 2. The van der Waals surface area contributed by atoms with Gasteiger partial charge in [-0.25, -0.2) is 0 Å². The van der Waals surface area contributed by atoms with Crippen LogP contribution < -0.4 is 28.7 Å². The average Bonchev–Trinajstić information content (AvgIpc) is 3.35. The Kier molecular flexibility index (Phi) is 7.45. The van der Waals surface area contributed by atoms with Crippen LogP contribution in [0.1, 0.15) is 23.6 Å². The SMILES string of the molecule is COc1ccc(N2N=C(C=Cc3cccc(OC)c3OC)CC2c2cccc(OC)c2OC)cc1. The maximum absolute atomic E-state index is 5.75. The van der Waals surface area contributed by atoms with Crippen molar-refractivity contribution in [1.82, 2.24) is 0 Å². The van der Waals surface area contributed by atoms with Crippen molar-refractivity contribution in [2.75, 3.05) is 40.6 Å². The Balaban J connectivity index is 1.73. The molecule has 7 nitrogen and oxygen atoms in total. The highest BCUT2D eigenvalue weighted by molar-refractivity contribution is 6.01. The molecule has 1 heterocycles. The molecule has 35 heavy (non-hydrogen) atoms. The van der Waals surface area contributed by atoms with E-state index in [-0.39, 0.29) is 6.04 Å². The number of hydrazone groups is 1. The maximum atomic E-state index is 5.75. The fourth-order valence-corrected chi connectivity index (χ4v) is 4.25. The average molecular weight is 475 g/mol. The van der Waals surface area contributed by atoms with E-state index in [1.54, 1.807) is 35.5 Å². The largest absolute Gasteiger partial charge is 0.497 e. The summed E-state index contributed by atoms with van der Waals surface area (Å²) in [5.74, 6) is 3.54. The highest BCUT2D eigenvalue weighted by Crippen LogP contribution is 2.43. The minimum Gasteiger partial charge on any atom is -0.497 e. The molecule has 0 radical (unpaired) electrons. The summed E-state index contributed by atoms with van der Waals surface area (Å²) in [4.78, 5) is 0. The van der Waals surface area contributed by atoms with E-state index in [1.807, 2.05) is 71.8 Å². The first-order chi connectivity index (χ1) is 17.1. The van der Waals surface area contributed by atoms with Gasteiger partial charge in [0.1, 0.15) is 5.75 Å². The van der Waals surface area contributed by atoms with Gasteiger partial charge in [0.2, 0.25) is 0 Å². The normalized spacial score (nSPS) is 15.2. The molecular weight excluding hydrogens is 444 g/mol. The Bertz CT molecular complexity index is 1220. The second-order valence-corrected chi connectivity index (χ2v) is 7.85. The van der Waals surface area contributed by atoms with Crippen LogP contribution in [-0.2, 0) is 0 Å². The number of nitrogens with zero attached hydrogens (tertiary/aromatic N) is 2. The van der Waals surface area contributed by atoms with Gasteiger partial charge in [-0.2, -0.15) is 5.10 Å². The van der Waals surface area contributed by atoms with Gasteiger partial charge in [0, 0.05) is 17.5 Å². The molecule has 7 heteroatoms. The lowest BCUT2D eigenvalue weighted by atomic mass is 9.99. The van der Waals surface area contributed by atoms with Gasteiger partial charge in [0.25, 0.3) is 0 Å². The van der Waals surface area contributed by atoms with Gasteiger partial charge in [-0.05, 0) is 48.6 Å². The van der Waals surface area contributed by atoms with Gasteiger partial charge in [-0.3, -0.25) is 5.01 Å². The van der Waals surface area contributed by atoms with Crippen molar-refractivity contribution >= 4 is 17.5 Å². The summed E-state index contributed by atoms with van der Waals surface area (Å²) >= 11 is 0. The predicted molar refractivity (Wildman–Crippen MR) is 138 cm³/mol. The third kappa shape index (κ3) is 4.89. The van der Waals surface area contributed by atoms with Crippen molar-refractivity contribution in [3.8, 4) is 28.7 Å². The van der Waals surface area contributed by atoms with Crippen molar-refractivity contribution in [3.63, 3.8) is 0 Å². The van der Waals surface area contributed by atoms with Crippen LogP contribution in [0.2, 0.25) is 0 Å². The minimum absolute atomic E-state index is 0.0831. The summed E-state index contributed by atoms with van der Waals surface area (Å²) in [6.07, 6.45) is 4.69. The lowest BCUT2D eigenvalue weighted by Gasteiger charge is -2.26. The van der Waals surface area contributed by atoms with Crippen LogP contribution in [0.5, 0.6) is 28.7 Å². The fourth-order valence-electron chi connectivity index (χ4n) is 4.25. The fraction of sp³-hybridized carbons (Fsp3) is 0.250. The summed E-state index contributed by atoms with van der Waals surface area (Å²) in [7, 11) is 8.22. The number of hydrogen-bond acceptors (Lipinski definition) is 7. The van der Waals surface area contributed by atoms with E-state index in [0.717, 1.165) is 28.3 Å². The van der Waals surface area contributed by atoms with E-state index < -0.39 is 0 Å². The van der Waals surface area contributed by atoms with Crippen LogP contribution in [0.4, 0.5) is 5.69 Å². The Morgan fingerprint density at radius 2 is 1.37 bits per heavy atom. The van der Waals surface area contributed by atoms with Gasteiger partial charge in [-0.1, -0.05) is 24.3 Å². The van der Waals surface area contributed by atoms with Crippen LogP contribution in [0, 0.1) is 0 Å². The summed E-state index contributed by atoms with van der Waals surface area (Å²) in [6, 6.07) is 19.5. The van der Waals surface area contributed by atoms with E-state index in [9.17, 15) is 0 Å². The highest BCUT2D eigenvalue weighted by atomic mass is 16.5. The van der Waals surface area contributed by atoms with Crippen LogP contribution in [0.25, 0.3) is 6.08 Å². The molecule has 1 unspecified atom stereocenters. The van der Waals surface area contributed by atoms with Crippen LogP contribution in [-0.4, -0.2) is 41.3 Å². The molecule has 3 aromatic carbocycles. The van der Waals surface area contributed by atoms with Crippen molar-refractivity contribution in [2.24, 2.45) is 5.10 Å². The number of hydrogen-bond donors (Lipinski definition) is 0. The molecule has 0 amide bonds. The maximum Gasteiger partial charge on any atom is 0.167 e. The second kappa shape index (κ2) is 10.9. The lowest BCUT2D eigenvalue weighted by Crippen LogP contribution is -2.19. The Morgan fingerprint density at radius 3 is 2.00 bits per heavy atom. The molecule has 1 aliphatic heterocycles. The molecule has 0 N–H and O–H groups in total. The Labute approximate surface area is 206 Å². The molecule has 3 aromatic rings. The van der Waals surface area contributed by atoms with Crippen LogP contribution in [0.3, 0.4) is 0 Å². The van der Waals surface area contributed by atoms with Gasteiger partial charge in [0.05, 0.1) is 53.0 Å². The Hall–Kier alpha value is -4.13. The monoisotopic (exact) mass is 474 g/mol. The van der Waals surface area contributed by atoms with E-state index in [0.29, 0.717) is 29.4 Å². The molecule has 0 bridgehead atoms. The molecule has 0 spiro atoms. The van der Waals surface area contributed by atoms with Gasteiger partial charge >= 0.3 is 0 Å². The van der Waals surface area contributed by atoms with Crippen LogP contribution >= 0.6 is 0 Å². The summed E-state index contributed by atoms with van der Waals surface area (Å²) < 4.78 is 27.6. The topological polar surface area (TPSA) is 61.8 Å². The summed E-state index contributed by atoms with van der Waals surface area (Å²) in [5, 5.41) is 6.98. The first-order valence-corrected chi connectivity index (χ1v) is 11.2. The summed E-state index contributed by atoms with van der Waals surface area (Å²) in [5.41, 5.74) is 3.77. The summed E-state index contributed by atoms with van der Waals surface area (Å²) in [6.45, 7) is 0. The van der Waals surface area contributed by atoms with Crippen molar-refractivity contribution in [2.45, 2.75) is 12.5 Å². The quantitative estimate of drug-likeness (QED) is 0.394. The molecule has 0 saturated heterocycles. The van der Waals surface area contributed by atoms with Gasteiger partial charge in [-0.15, -0.1) is 0 Å². The van der Waals surface area contributed by atoms with E-state index >= 15 is 0 Å². The van der Waals surface area contributed by atoms with Crippen LogP contribution in [0.15, 0.2) is 71.8 Å². The Morgan fingerprint density at radius 1 is 0.714 bits per heavy atom. The second-order valence-electron chi connectivity index (χ2n) is 7.85. The van der Waals surface area contributed by atoms with E-state index in [1.165, 1.54) is 0 Å². The zero-order chi connectivity index (χ0) is 24.8. The zero-order valence-electron chi connectivity index (χ0n) is 20.6.